The van der Waals surface area contributed by atoms with E-state index in [-0.39, 0.29) is 23.9 Å². The molecule has 3 N–H and O–H groups in total. The first kappa shape index (κ1) is 19.6. The van der Waals surface area contributed by atoms with E-state index in [9.17, 15) is 19.7 Å². The second kappa shape index (κ2) is 8.70. The van der Waals surface area contributed by atoms with E-state index in [0.29, 0.717) is 16.9 Å². The molecular formula is C20H18N4O5. The molecule has 0 bridgehead atoms. The van der Waals surface area contributed by atoms with E-state index in [1.807, 2.05) is 0 Å². The minimum Gasteiger partial charge on any atom is -0.459 e. The topological polar surface area (TPSA) is 127 Å². The lowest BCUT2D eigenvalue weighted by Crippen LogP contribution is -2.28. The summed E-state index contributed by atoms with van der Waals surface area (Å²) in [5, 5.41) is 18.9. The number of hydrogen-bond acceptors (Lipinski definition) is 5. The van der Waals surface area contributed by atoms with Gasteiger partial charge >= 0.3 is 6.03 Å². The maximum Gasteiger partial charge on any atom is 0.319 e. The van der Waals surface area contributed by atoms with Crippen LogP contribution in [0.1, 0.15) is 21.7 Å². The number of furan rings is 1. The zero-order chi connectivity index (χ0) is 20.8. The van der Waals surface area contributed by atoms with E-state index in [2.05, 4.69) is 16.0 Å². The highest BCUT2D eigenvalue weighted by molar-refractivity contribution is 6.02. The van der Waals surface area contributed by atoms with Gasteiger partial charge in [0.1, 0.15) is 0 Å². The van der Waals surface area contributed by atoms with Crippen molar-refractivity contribution in [2.45, 2.75) is 13.5 Å². The molecule has 148 valence electrons. The summed E-state index contributed by atoms with van der Waals surface area (Å²) in [6.07, 6.45) is 1.41. The molecule has 0 aliphatic rings. The molecule has 9 heteroatoms. The number of anilines is 2. The number of nitro groups is 1. The molecule has 0 saturated heterocycles. The van der Waals surface area contributed by atoms with Gasteiger partial charge in [-0.1, -0.05) is 18.2 Å². The number of carbonyl (C=O) groups excluding carboxylic acids is 2. The Labute approximate surface area is 165 Å². The van der Waals surface area contributed by atoms with Crippen LogP contribution in [0.3, 0.4) is 0 Å². The minimum atomic E-state index is -0.523. The monoisotopic (exact) mass is 394 g/mol. The molecule has 0 saturated carbocycles. The van der Waals surface area contributed by atoms with Crippen molar-refractivity contribution in [1.82, 2.24) is 5.32 Å². The highest BCUT2D eigenvalue weighted by Crippen LogP contribution is 2.21. The Bertz CT molecular complexity index is 1050. The highest BCUT2D eigenvalue weighted by Gasteiger charge is 2.12. The molecule has 0 unspecified atom stereocenters. The molecule has 0 aliphatic carbocycles. The van der Waals surface area contributed by atoms with Crippen LogP contribution in [0.4, 0.5) is 21.9 Å². The van der Waals surface area contributed by atoms with Crippen LogP contribution in [0.15, 0.2) is 65.3 Å². The molecule has 0 radical (unpaired) electrons. The first-order valence-corrected chi connectivity index (χ1v) is 8.66. The van der Waals surface area contributed by atoms with Gasteiger partial charge in [0.15, 0.2) is 5.76 Å². The molecule has 9 nitrogen and oxygen atoms in total. The Morgan fingerprint density at radius 1 is 1.07 bits per heavy atom. The standard InChI is InChI=1S/C20H18N4O5/c1-13-7-8-16(24(27)28)11-17(13)23-20(26)21-12-14-4-2-5-15(10-14)22-19(25)18-6-3-9-29-18/h2-11H,12H2,1H3,(H,22,25)(H2,21,23,26). The van der Waals surface area contributed by atoms with Crippen molar-refractivity contribution in [2.24, 2.45) is 0 Å². The lowest BCUT2D eigenvalue weighted by atomic mass is 10.2. The summed E-state index contributed by atoms with van der Waals surface area (Å²) in [4.78, 5) is 34.6. The summed E-state index contributed by atoms with van der Waals surface area (Å²) in [5.74, 6) is -0.181. The smallest absolute Gasteiger partial charge is 0.319 e. The Hall–Kier alpha value is -4.14. The number of nitrogens with one attached hydrogen (secondary N) is 3. The summed E-state index contributed by atoms with van der Waals surface area (Å²) in [5.41, 5.74) is 2.27. The fourth-order valence-corrected chi connectivity index (χ4v) is 2.57. The molecular weight excluding hydrogens is 376 g/mol. The predicted molar refractivity (Wildman–Crippen MR) is 107 cm³/mol. The number of nitrogens with zero attached hydrogens (tertiary/aromatic N) is 1. The Balaban J connectivity index is 1.59. The molecule has 0 fully saturated rings. The van der Waals surface area contributed by atoms with Crippen molar-refractivity contribution in [2.75, 3.05) is 10.6 Å². The Kier molecular flexibility index (Phi) is 5.88. The van der Waals surface area contributed by atoms with Crippen LogP contribution in [0, 0.1) is 17.0 Å². The van der Waals surface area contributed by atoms with Crippen molar-refractivity contribution in [3.05, 3.63) is 87.9 Å². The highest BCUT2D eigenvalue weighted by atomic mass is 16.6. The second-order valence-corrected chi connectivity index (χ2v) is 6.20. The van der Waals surface area contributed by atoms with Crippen LogP contribution in [-0.4, -0.2) is 16.9 Å². The van der Waals surface area contributed by atoms with Crippen molar-refractivity contribution in [3.8, 4) is 0 Å². The van der Waals surface area contributed by atoms with Gasteiger partial charge in [0.05, 0.1) is 16.9 Å². The molecule has 0 spiro atoms. The van der Waals surface area contributed by atoms with E-state index < -0.39 is 11.0 Å². The first-order chi connectivity index (χ1) is 13.9. The third kappa shape index (κ3) is 5.19. The van der Waals surface area contributed by atoms with E-state index in [1.54, 1.807) is 49.4 Å². The fourth-order valence-electron chi connectivity index (χ4n) is 2.57. The third-order valence-electron chi connectivity index (χ3n) is 4.06. The Morgan fingerprint density at radius 2 is 1.90 bits per heavy atom. The zero-order valence-corrected chi connectivity index (χ0v) is 15.5. The number of carbonyl (C=O) groups is 2. The number of aryl methyl sites for hydroxylation is 1. The van der Waals surface area contributed by atoms with E-state index in [0.717, 1.165) is 5.56 Å². The third-order valence-corrected chi connectivity index (χ3v) is 4.06. The van der Waals surface area contributed by atoms with Crippen molar-refractivity contribution in [3.63, 3.8) is 0 Å². The number of urea groups is 1. The predicted octanol–water partition coefficient (Wildman–Crippen LogP) is 4.07. The number of hydrogen-bond donors (Lipinski definition) is 3. The lowest BCUT2D eigenvalue weighted by molar-refractivity contribution is -0.384. The van der Waals surface area contributed by atoms with E-state index >= 15 is 0 Å². The molecule has 0 atom stereocenters. The van der Waals surface area contributed by atoms with Crippen molar-refractivity contribution < 1.29 is 18.9 Å². The molecule has 3 aromatic rings. The SMILES string of the molecule is Cc1ccc([N+](=O)[O-])cc1NC(=O)NCc1cccc(NC(=O)c2ccco2)c1. The summed E-state index contributed by atoms with van der Waals surface area (Å²) < 4.78 is 5.05. The van der Waals surface area contributed by atoms with Gasteiger partial charge in [0, 0.05) is 24.4 Å². The van der Waals surface area contributed by atoms with Gasteiger partial charge in [-0.25, -0.2) is 4.79 Å². The van der Waals surface area contributed by atoms with Gasteiger partial charge in [-0.05, 0) is 42.3 Å². The fraction of sp³-hybridized carbons (Fsp3) is 0.100. The number of benzene rings is 2. The number of nitro benzene ring substituents is 1. The van der Waals surface area contributed by atoms with Crippen LogP contribution < -0.4 is 16.0 Å². The van der Waals surface area contributed by atoms with Crippen molar-refractivity contribution >= 4 is 29.0 Å². The zero-order valence-electron chi connectivity index (χ0n) is 15.5. The summed E-state index contributed by atoms with van der Waals surface area (Å²) in [6, 6.07) is 13.9. The van der Waals surface area contributed by atoms with Crippen LogP contribution in [0.2, 0.25) is 0 Å². The molecule has 3 rings (SSSR count). The van der Waals surface area contributed by atoms with E-state index in [1.165, 1.54) is 18.4 Å². The lowest BCUT2D eigenvalue weighted by Gasteiger charge is -2.11. The van der Waals surface area contributed by atoms with Gasteiger partial charge in [-0.2, -0.15) is 0 Å². The average Bonchev–Trinajstić information content (AvgIpc) is 3.23. The van der Waals surface area contributed by atoms with Gasteiger partial charge < -0.3 is 20.4 Å². The largest absolute Gasteiger partial charge is 0.459 e. The van der Waals surface area contributed by atoms with Crippen LogP contribution in [-0.2, 0) is 6.54 Å². The average molecular weight is 394 g/mol. The maximum atomic E-state index is 12.2. The molecule has 2 aromatic carbocycles. The first-order valence-electron chi connectivity index (χ1n) is 8.66. The second-order valence-electron chi connectivity index (χ2n) is 6.20. The van der Waals surface area contributed by atoms with Gasteiger partial charge in [-0.15, -0.1) is 0 Å². The quantitative estimate of drug-likeness (QED) is 0.429. The van der Waals surface area contributed by atoms with Gasteiger partial charge in [0.25, 0.3) is 11.6 Å². The van der Waals surface area contributed by atoms with E-state index in [4.69, 9.17) is 4.42 Å². The summed E-state index contributed by atoms with van der Waals surface area (Å²) >= 11 is 0. The van der Waals surface area contributed by atoms with Crippen LogP contribution in [0.25, 0.3) is 0 Å². The number of rotatable bonds is 6. The Morgan fingerprint density at radius 3 is 2.62 bits per heavy atom. The molecule has 1 aromatic heterocycles. The molecule has 1 heterocycles. The summed E-state index contributed by atoms with van der Waals surface area (Å²) in [6.45, 7) is 1.94. The number of amides is 3. The van der Waals surface area contributed by atoms with Crippen molar-refractivity contribution in [1.29, 1.82) is 0 Å². The normalized spacial score (nSPS) is 10.2. The van der Waals surface area contributed by atoms with Gasteiger partial charge in [-0.3, -0.25) is 14.9 Å². The summed E-state index contributed by atoms with van der Waals surface area (Å²) in [7, 11) is 0. The molecule has 29 heavy (non-hydrogen) atoms. The molecule has 0 aliphatic heterocycles. The molecule has 3 amide bonds. The van der Waals surface area contributed by atoms with Gasteiger partial charge in [0.2, 0.25) is 0 Å². The minimum absolute atomic E-state index is 0.106. The van der Waals surface area contributed by atoms with Crippen LogP contribution in [0.5, 0.6) is 0 Å². The number of non-ortho nitro benzene ring substituents is 1. The van der Waals surface area contributed by atoms with Crippen LogP contribution >= 0.6 is 0 Å². The maximum absolute atomic E-state index is 12.2.